The predicted octanol–water partition coefficient (Wildman–Crippen LogP) is 4.83. The summed E-state index contributed by atoms with van der Waals surface area (Å²) in [4.78, 5) is 4.04. The maximum atomic E-state index is 14.2. The largest absolute Gasteiger partial charge is 0.255 e. The number of aromatic nitrogens is 1. The third kappa shape index (κ3) is 2.52. The van der Waals surface area contributed by atoms with Crippen LogP contribution in [0.25, 0.3) is 22.4 Å². The monoisotopic (exact) mass is 285 g/mol. The van der Waals surface area contributed by atoms with Gasteiger partial charge in [0.1, 0.15) is 17.5 Å². The van der Waals surface area contributed by atoms with Crippen molar-refractivity contribution in [3.05, 3.63) is 78.2 Å². The Morgan fingerprint density at radius 2 is 1.19 bits per heavy atom. The van der Waals surface area contributed by atoms with Crippen LogP contribution in [-0.4, -0.2) is 4.98 Å². The molecule has 0 N–H and O–H groups in total. The standard InChI is InChI=1S/C17H10F3N/c18-14-7-3-1-5-11(14)13-10-21-17(9-16(13)20)12-6-2-4-8-15(12)19/h1-10H. The lowest BCUT2D eigenvalue weighted by Crippen LogP contribution is -1.94. The fourth-order valence-corrected chi connectivity index (χ4v) is 2.12. The average molecular weight is 285 g/mol. The maximum absolute atomic E-state index is 14.2. The van der Waals surface area contributed by atoms with Crippen molar-refractivity contribution >= 4 is 0 Å². The topological polar surface area (TPSA) is 12.9 Å². The van der Waals surface area contributed by atoms with Crippen LogP contribution in [0.15, 0.2) is 60.8 Å². The van der Waals surface area contributed by atoms with Gasteiger partial charge in [0.2, 0.25) is 0 Å². The van der Waals surface area contributed by atoms with Crippen LogP contribution in [0.1, 0.15) is 0 Å². The first kappa shape index (κ1) is 13.4. The van der Waals surface area contributed by atoms with E-state index < -0.39 is 17.5 Å². The average Bonchev–Trinajstić information content (AvgIpc) is 2.49. The van der Waals surface area contributed by atoms with Crippen molar-refractivity contribution in [3.8, 4) is 22.4 Å². The van der Waals surface area contributed by atoms with Gasteiger partial charge in [0.15, 0.2) is 0 Å². The van der Waals surface area contributed by atoms with Gasteiger partial charge in [-0.3, -0.25) is 4.98 Å². The first-order chi connectivity index (χ1) is 10.2. The van der Waals surface area contributed by atoms with Gasteiger partial charge in [0.05, 0.1) is 5.69 Å². The molecule has 0 radical (unpaired) electrons. The smallest absolute Gasteiger partial charge is 0.134 e. The molecule has 0 aliphatic heterocycles. The number of pyridine rings is 1. The first-order valence-corrected chi connectivity index (χ1v) is 6.32. The summed E-state index contributed by atoms with van der Waals surface area (Å²) in [6.07, 6.45) is 1.22. The van der Waals surface area contributed by atoms with Gasteiger partial charge in [-0.25, -0.2) is 13.2 Å². The minimum atomic E-state index is -0.645. The number of hydrogen-bond acceptors (Lipinski definition) is 1. The Kier molecular flexibility index (Phi) is 3.44. The molecular formula is C17H10F3N. The van der Waals surface area contributed by atoms with E-state index in [9.17, 15) is 13.2 Å². The minimum absolute atomic E-state index is 0.0492. The van der Waals surface area contributed by atoms with Crippen LogP contribution in [-0.2, 0) is 0 Å². The number of halogens is 3. The summed E-state index contributed by atoms with van der Waals surface area (Å²) in [5.41, 5.74) is 0.554. The minimum Gasteiger partial charge on any atom is -0.255 e. The number of rotatable bonds is 2. The second-order valence-corrected chi connectivity index (χ2v) is 4.51. The van der Waals surface area contributed by atoms with E-state index in [-0.39, 0.29) is 22.4 Å². The van der Waals surface area contributed by atoms with Crippen molar-refractivity contribution in [3.63, 3.8) is 0 Å². The van der Waals surface area contributed by atoms with Crippen molar-refractivity contribution in [1.29, 1.82) is 0 Å². The normalized spacial score (nSPS) is 10.6. The predicted molar refractivity (Wildman–Crippen MR) is 75.0 cm³/mol. The zero-order valence-corrected chi connectivity index (χ0v) is 10.9. The Morgan fingerprint density at radius 1 is 0.619 bits per heavy atom. The molecule has 0 aliphatic rings. The summed E-state index contributed by atoms with van der Waals surface area (Å²) in [6, 6.07) is 12.9. The molecule has 4 heteroatoms. The SMILES string of the molecule is Fc1ccccc1-c1cc(F)c(-c2ccccc2F)cn1. The number of benzene rings is 2. The highest BCUT2D eigenvalue weighted by Gasteiger charge is 2.13. The Balaban J connectivity index is 2.09. The zero-order valence-electron chi connectivity index (χ0n) is 10.9. The van der Waals surface area contributed by atoms with Gasteiger partial charge in [-0.1, -0.05) is 30.3 Å². The van der Waals surface area contributed by atoms with Crippen LogP contribution in [0.4, 0.5) is 13.2 Å². The number of nitrogens with zero attached hydrogens (tertiary/aromatic N) is 1. The van der Waals surface area contributed by atoms with E-state index in [0.29, 0.717) is 0 Å². The second-order valence-electron chi connectivity index (χ2n) is 4.51. The molecule has 2 aromatic carbocycles. The fraction of sp³-hybridized carbons (Fsp3) is 0. The van der Waals surface area contributed by atoms with Crippen LogP contribution < -0.4 is 0 Å². The molecule has 0 fully saturated rings. The van der Waals surface area contributed by atoms with E-state index in [1.807, 2.05) is 0 Å². The van der Waals surface area contributed by atoms with Crippen LogP contribution in [0.3, 0.4) is 0 Å². The molecule has 0 saturated heterocycles. The molecule has 21 heavy (non-hydrogen) atoms. The molecule has 0 saturated carbocycles. The van der Waals surface area contributed by atoms with E-state index >= 15 is 0 Å². The fourth-order valence-electron chi connectivity index (χ4n) is 2.12. The third-order valence-corrected chi connectivity index (χ3v) is 3.17. The van der Waals surface area contributed by atoms with E-state index in [2.05, 4.69) is 4.98 Å². The summed E-state index contributed by atoms with van der Waals surface area (Å²) in [7, 11) is 0. The van der Waals surface area contributed by atoms with Crippen LogP contribution >= 0.6 is 0 Å². The lowest BCUT2D eigenvalue weighted by atomic mass is 10.0. The first-order valence-electron chi connectivity index (χ1n) is 6.32. The lowest BCUT2D eigenvalue weighted by Gasteiger charge is -2.07. The Morgan fingerprint density at radius 3 is 1.76 bits per heavy atom. The molecule has 0 unspecified atom stereocenters. The van der Waals surface area contributed by atoms with Gasteiger partial charge >= 0.3 is 0 Å². The summed E-state index contributed by atoms with van der Waals surface area (Å²) < 4.78 is 41.6. The van der Waals surface area contributed by atoms with Crippen molar-refractivity contribution < 1.29 is 13.2 Å². The van der Waals surface area contributed by atoms with Crippen LogP contribution in [0.5, 0.6) is 0 Å². The molecule has 0 aliphatic carbocycles. The molecule has 1 nitrogen and oxygen atoms in total. The molecule has 0 spiro atoms. The zero-order chi connectivity index (χ0) is 14.8. The lowest BCUT2D eigenvalue weighted by molar-refractivity contribution is 0.614. The van der Waals surface area contributed by atoms with E-state index in [0.717, 1.165) is 6.07 Å². The van der Waals surface area contributed by atoms with Crippen molar-refractivity contribution in [2.45, 2.75) is 0 Å². The van der Waals surface area contributed by atoms with E-state index in [1.165, 1.54) is 36.5 Å². The quantitative estimate of drug-likeness (QED) is 0.657. The molecule has 104 valence electrons. The molecule has 3 rings (SSSR count). The third-order valence-electron chi connectivity index (χ3n) is 3.17. The molecule has 1 aromatic heterocycles. The molecule has 3 aromatic rings. The van der Waals surface area contributed by atoms with Gasteiger partial charge in [0.25, 0.3) is 0 Å². The highest BCUT2D eigenvalue weighted by molar-refractivity contribution is 5.68. The molecular weight excluding hydrogens is 275 g/mol. The van der Waals surface area contributed by atoms with Gasteiger partial charge in [0, 0.05) is 29.0 Å². The summed E-state index contributed by atoms with van der Waals surface area (Å²) in [5.74, 6) is -1.66. The van der Waals surface area contributed by atoms with Crippen LogP contribution in [0, 0.1) is 17.5 Å². The molecule has 0 amide bonds. The molecule has 0 bridgehead atoms. The highest BCUT2D eigenvalue weighted by atomic mass is 19.1. The second kappa shape index (κ2) is 5.40. The van der Waals surface area contributed by atoms with Crippen molar-refractivity contribution in [1.82, 2.24) is 4.98 Å². The maximum Gasteiger partial charge on any atom is 0.134 e. The number of hydrogen-bond donors (Lipinski definition) is 0. The Hall–Kier alpha value is -2.62. The molecule has 1 heterocycles. The Bertz CT molecular complexity index is 800. The summed E-state index contributed by atoms with van der Waals surface area (Å²) >= 11 is 0. The van der Waals surface area contributed by atoms with Gasteiger partial charge in [-0.15, -0.1) is 0 Å². The van der Waals surface area contributed by atoms with E-state index in [4.69, 9.17) is 0 Å². The van der Waals surface area contributed by atoms with E-state index in [1.54, 1.807) is 18.2 Å². The van der Waals surface area contributed by atoms with Gasteiger partial charge in [-0.05, 0) is 18.2 Å². The van der Waals surface area contributed by atoms with Gasteiger partial charge < -0.3 is 0 Å². The molecule has 0 atom stereocenters. The van der Waals surface area contributed by atoms with Crippen LogP contribution in [0.2, 0.25) is 0 Å². The Labute approximate surface area is 119 Å². The summed E-state index contributed by atoms with van der Waals surface area (Å²) in [6.45, 7) is 0. The van der Waals surface area contributed by atoms with Gasteiger partial charge in [-0.2, -0.15) is 0 Å². The summed E-state index contributed by atoms with van der Waals surface area (Å²) in [5, 5.41) is 0. The van der Waals surface area contributed by atoms with Crippen molar-refractivity contribution in [2.24, 2.45) is 0 Å². The highest BCUT2D eigenvalue weighted by Crippen LogP contribution is 2.28. The van der Waals surface area contributed by atoms with Crippen molar-refractivity contribution in [2.75, 3.05) is 0 Å².